The molecule has 0 saturated heterocycles. The summed E-state index contributed by atoms with van der Waals surface area (Å²) >= 11 is 0. The van der Waals surface area contributed by atoms with Crippen LogP contribution in [-0.4, -0.2) is 28.3 Å². The van der Waals surface area contributed by atoms with E-state index in [1.54, 1.807) is 6.20 Å². The number of nitrogens with two attached hydrogens (primary N) is 1. The quantitative estimate of drug-likeness (QED) is 0.550. The van der Waals surface area contributed by atoms with Crippen molar-refractivity contribution in [3.63, 3.8) is 0 Å². The number of fused-ring (bicyclic) bond motifs is 3. The van der Waals surface area contributed by atoms with Gasteiger partial charge in [0.15, 0.2) is 0 Å². The van der Waals surface area contributed by atoms with Crippen LogP contribution < -0.4 is 5.73 Å². The molecule has 2 aromatic heterocycles. The number of carbonyl (C=O) groups excluding carboxylic acids is 1. The van der Waals surface area contributed by atoms with E-state index >= 15 is 0 Å². The molecule has 2 N–H and O–H groups in total. The molecule has 0 bridgehead atoms. The summed E-state index contributed by atoms with van der Waals surface area (Å²) in [5.41, 5.74) is 11.6. The van der Waals surface area contributed by atoms with E-state index in [4.69, 9.17) is 10.6 Å². The molecule has 28 heavy (non-hydrogen) atoms. The van der Waals surface area contributed by atoms with Gasteiger partial charge >= 0.3 is 0 Å². The van der Waals surface area contributed by atoms with Crippen molar-refractivity contribution in [3.05, 3.63) is 71.5 Å². The van der Waals surface area contributed by atoms with Crippen LogP contribution in [0.15, 0.2) is 47.8 Å². The van der Waals surface area contributed by atoms with E-state index in [-0.39, 0.29) is 11.8 Å². The fraction of sp³-hybridized carbons (Fsp3) is 0.273. The zero-order valence-electron chi connectivity index (χ0n) is 16.0. The fourth-order valence-electron chi connectivity index (χ4n) is 3.94. The third-order valence-corrected chi connectivity index (χ3v) is 5.23. The number of hydrogen-bond donors (Lipinski definition) is 1. The standard InChI is InChI=1S/C22H22N4O2/c1-14(25-28-2)15-9-10-20-19(12-15)17-7-5-8-18(22(23)27)21(17)26(20)13-16-6-3-4-11-24-16/h3-4,6,9-12,18H,7-8,13H2,1-2H3,(H2,23,27). The van der Waals surface area contributed by atoms with Gasteiger partial charge in [-0.3, -0.25) is 9.78 Å². The number of nitrogens with zero attached hydrogens (tertiary/aromatic N) is 3. The van der Waals surface area contributed by atoms with Crippen molar-refractivity contribution < 1.29 is 9.63 Å². The lowest BCUT2D eigenvalue weighted by Gasteiger charge is -2.23. The van der Waals surface area contributed by atoms with Gasteiger partial charge in [0.1, 0.15) is 7.11 Å². The van der Waals surface area contributed by atoms with E-state index in [2.05, 4.69) is 33.3 Å². The van der Waals surface area contributed by atoms with Gasteiger partial charge in [0.2, 0.25) is 5.91 Å². The zero-order chi connectivity index (χ0) is 19.7. The van der Waals surface area contributed by atoms with Gasteiger partial charge in [0.05, 0.1) is 23.9 Å². The number of amides is 1. The molecule has 6 nitrogen and oxygen atoms in total. The summed E-state index contributed by atoms with van der Waals surface area (Å²) in [5.74, 6) is -0.701. The molecule has 2 radical (unpaired) electrons. The van der Waals surface area contributed by atoms with Crippen molar-refractivity contribution in [2.45, 2.75) is 32.2 Å². The summed E-state index contributed by atoms with van der Waals surface area (Å²) in [6.07, 6.45) is 6.34. The highest BCUT2D eigenvalue weighted by atomic mass is 16.6. The van der Waals surface area contributed by atoms with Gasteiger partial charge in [-0.2, -0.15) is 0 Å². The molecule has 1 atom stereocenters. The van der Waals surface area contributed by atoms with Gasteiger partial charge in [-0.25, -0.2) is 0 Å². The summed E-state index contributed by atoms with van der Waals surface area (Å²) in [7, 11) is 1.54. The number of oxime groups is 1. The van der Waals surface area contributed by atoms with E-state index < -0.39 is 0 Å². The second kappa shape index (κ2) is 7.46. The Morgan fingerprint density at radius 1 is 1.39 bits per heavy atom. The molecular formula is C22H22N4O2. The highest BCUT2D eigenvalue weighted by Gasteiger charge is 2.31. The lowest BCUT2D eigenvalue weighted by molar-refractivity contribution is -0.119. The topological polar surface area (TPSA) is 82.5 Å². The largest absolute Gasteiger partial charge is 0.399 e. The summed E-state index contributed by atoms with van der Waals surface area (Å²) < 4.78 is 2.18. The molecule has 6 heteroatoms. The van der Waals surface area contributed by atoms with Crippen molar-refractivity contribution in [2.75, 3.05) is 7.11 Å². The molecule has 2 heterocycles. The Kier molecular flexibility index (Phi) is 4.86. The predicted octanol–water partition coefficient (Wildman–Crippen LogP) is 3.05. The highest BCUT2D eigenvalue weighted by Crippen LogP contribution is 2.39. The van der Waals surface area contributed by atoms with Crippen LogP contribution in [0.3, 0.4) is 0 Å². The first kappa shape index (κ1) is 18.2. The molecule has 1 aliphatic rings. The van der Waals surface area contributed by atoms with E-state index in [0.29, 0.717) is 19.4 Å². The van der Waals surface area contributed by atoms with Crippen LogP contribution in [0.2, 0.25) is 0 Å². The molecule has 1 amide bonds. The lowest BCUT2D eigenvalue weighted by Crippen LogP contribution is -2.27. The number of aromatic nitrogens is 2. The molecule has 0 fully saturated rings. The van der Waals surface area contributed by atoms with Crippen molar-refractivity contribution >= 4 is 22.5 Å². The molecule has 3 aromatic rings. The maximum absolute atomic E-state index is 12.2. The van der Waals surface area contributed by atoms with Crippen molar-refractivity contribution in [1.82, 2.24) is 9.55 Å². The molecule has 142 valence electrons. The molecule has 1 unspecified atom stereocenters. The summed E-state index contributed by atoms with van der Waals surface area (Å²) in [5, 5.41) is 5.13. The first-order valence-corrected chi connectivity index (χ1v) is 9.23. The van der Waals surface area contributed by atoms with E-state index in [1.807, 2.05) is 31.2 Å². The van der Waals surface area contributed by atoms with Gasteiger partial charge in [0, 0.05) is 22.8 Å². The normalized spacial score (nSPS) is 16.8. The Bertz CT molecular complexity index is 1050. The molecule has 1 aliphatic carbocycles. The third-order valence-electron chi connectivity index (χ3n) is 5.23. The number of carbonyl (C=O) groups is 1. The number of benzene rings is 1. The Hall–Kier alpha value is -3.15. The van der Waals surface area contributed by atoms with E-state index in [9.17, 15) is 4.79 Å². The number of pyridine rings is 1. The minimum Gasteiger partial charge on any atom is -0.399 e. The maximum atomic E-state index is 12.2. The molecule has 0 spiro atoms. The van der Waals surface area contributed by atoms with Crippen molar-refractivity contribution in [3.8, 4) is 0 Å². The Labute approximate surface area is 164 Å². The average molecular weight is 374 g/mol. The van der Waals surface area contributed by atoms with Crippen LogP contribution in [0, 0.1) is 6.42 Å². The van der Waals surface area contributed by atoms with Gasteiger partial charge in [-0.1, -0.05) is 17.3 Å². The average Bonchev–Trinajstić information content (AvgIpc) is 3.02. The Balaban J connectivity index is 1.94. The van der Waals surface area contributed by atoms with Crippen molar-refractivity contribution in [2.24, 2.45) is 10.9 Å². The minimum absolute atomic E-state index is 0.323. The maximum Gasteiger partial charge on any atom is 0.226 e. The molecule has 0 saturated carbocycles. The van der Waals surface area contributed by atoms with Gasteiger partial charge in [-0.05, 0) is 61.6 Å². The number of primary amides is 1. The van der Waals surface area contributed by atoms with Crippen LogP contribution in [0.25, 0.3) is 10.9 Å². The molecule has 0 aliphatic heterocycles. The smallest absolute Gasteiger partial charge is 0.226 e. The van der Waals surface area contributed by atoms with Gasteiger partial charge < -0.3 is 15.1 Å². The monoisotopic (exact) mass is 374 g/mol. The Morgan fingerprint density at radius 3 is 2.96 bits per heavy atom. The second-order valence-corrected chi connectivity index (χ2v) is 6.95. The van der Waals surface area contributed by atoms with E-state index in [1.165, 1.54) is 7.11 Å². The second-order valence-electron chi connectivity index (χ2n) is 6.95. The van der Waals surface area contributed by atoms with Crippen molar-refractivity contribution in [1.29, 1.82) is 0 Å². The SMILES string of the molecule is CON=C(C)c1ccc2c(c1)c1c(n2Cc2ccccn2)C(C(N)=O)C[C]C1. The van der Waals surface area contributed by atoms with E-state index in [0.717, 1.165) is 39.1 Å². The first-order chi connectivity index (χ1) is 13.6. The third kappa shape index (κ3) is 3.15. The number of rotatable bonds is 5. The molecule has 4 rings (SSSR count). The first-order valence-electron chi connectivity index (χ1n) is 9.23. The van der Waals surface area contributed by atoms with Crippen LogP contribution >= 0.6 is 0 Å². The van der Waals surface area contributed by atoms with Gasteiger partial charge in [0.25, 0.3) is 0 Å². The minimum atomic E-state index is -0.378. The van der Waals surface area contributed by atoms with Gasteiger partial charge in [-0.15, -0.1) is 0 Å². The fourth-order valence-corrected chi connectivity index (χ4v) is 3.94. The summed E-state index contributed by atoms with van der Waals surface area (Å²) in [4.78, 5) is 21.6. The summed E-state index contributed by atoms with van der Waals surface area (Å²) in [6.45, 7) is 2.49. The van der Waals surface area contributed by atoms with Crippen LogP contribution in [0.4, 0.5) is 0 Å². The van der Waals surface area contributed by atoms with Crippen LogP contribution in [-0.2, 0) is 22.6 Å². The lowest BCUT2D eigenvalue weighted by atomic mass is 9.86. The summed E-state index contributed by atoms with van der Waals surface area (Å²) in [6, 6.07) is 12.0. The highest BCUT2D eigenvalue weighted by molar-refractivity contribution is 6.02. The number of hydrogen-bond acceptors (Lipinski definition) is 4. The zero-order valence-corrected chi connectivity index (χ0v) is 16.0. The van der Waals surface area contributed by atoms with Crippen LogP contribution in [0.1, 0.15) is 41.8 Å². The predicted molar refractivity (Wildman–Crippen MR) is 108 cm³/mol. The van der Waals surface area contributed by atoms with Crippen LogP contribution in [0.5, 0.6) is 0 Å². The Morgan fingerprint density at radius 2 is 2.25 bits per heavy atom. The molecular weight excluding hydrogens is 352 g/mol. The molecule has 1 aromatic carbocycles.